The Morgan fingerprint density at radius 2 is 1.96 bits per heavy atom. The van der Waals surface area contributed by atoms with Crippen LogP contribution in [0.15, 0.2) is 18.3 Å². The number of carbonyl (C=O) groups is 1. The number of nitrogens with zero attached hydrogens (tertiary/aromatic N) is 2. The quantitative estimate of drug-likeness (QED) is 0.900. The number of aromatic nitrogens is 1. The fourth-order valence-electron chi connectivity index (χ4n) is 3.97. The van der Waals surface area contributed by atoms with Crippen LogP contribution in [0.4, 0.5) is 4.79 Å². The maximum Gasteiger partial charge on any atom is 0.410 e. The minimum atomic E-state index is -1.02. The molecule has 6 nitrogen and oxygen atoms in total. The number of rotatable bonds is 2. The molecule has 2 bridgehead atoms. The highest BCUT2D eigenvalue weighted by molar-refractivity contribution is 5.70. The van der Waals surface area contributed by atoms with E-state index in [1.54, 1.807) is 19.4 Å². The molecule has 6 heteroatoms. The van der Waals surface area contributed by atoms with Crippen molar-refractivity contribution in [3.63, 3.8) is 0 Å². The lowest BCUT2D eigenvalue weighted by molar-refractivity contribution is -0.0635. The average Bonchev–Trinajstić information content (AvgIpc) is 2.78. The van der Waals surface area contributed by atoms with E-state index in [1.165, 1.54) is 0 Å². The van der Waals surface area contributed by atoms with E-state index in [-0.39, 0.29) is 18.2 Å². The van der Waals surface area contributed by atoms with Gasteiger partial charge in [0.1, 0.15) is 5.60 Å². The molecular weight excluding hydrogens is 308 g/mol. The molecule has 2 unspecified atom stereocenters. The van der Waals surface area contributed by atoms with Crippen LogP contribution in [0.1, 0.15) is 52.0 Å². The third kappa shape index (κ3) is 3.07. The Hall–Kier alpha value is -1.82. The maximum absolute atomic E-state index is 12.5. The van der Waals surface area contributed by atoms with E-state index in [1.807, 2.05) is 31.7 Å². The van der Waals surface area contributed by atoms with Gasteiger partial charge < -0.3 is 19.5 Å². The third-order valence-corrected chi connectivity index (χ3v) is 4.84. The second kappa shape index (κ2) is 5.92. The molecule has 3 heterocycles. The molecule has 0 radical (unpaired) electrons. The van der Waals surface area contributed by atoms with Crippen molar-refractivity contribution in [2.45, 2.75) is 69.7 Å². The van der Waals surface area contributed by atoms with Crippen LogP contribution in [-0.4, -0.2) is 45.9 Å². The number of ether oxygens (including phenoxy) is 2. The second-order valence-corrected chi connectivity index (χ2v) is 7.77. The fraction of sp³-hybridized carbons (Fsp3) is 0.667. The molecule has 0 saturated carbocycles. The van der Waals surface area contributed by atoms with Gasteiger partial charge in [0.25, 0.3) is 0 Å². The number of hydrogen-bond donors (Lipinski definition) is 1. The summed E-state index contributed by atoms with van der Waals surface area (Å²) in [5, 5.41) is 11.3. The number of aliphatic hydroxyl groups is 1. The van der Waals surface area contributed by atoms with Gasteiger partial charge in [-0.15, -0.1) is 0 Å². The summed E-state index contributed by atoms with van der Waals surface area (Å²) >= 11 is 0. The van der Waals surface area contributed by atoms with Gasteiger partial charge in [0, 0.05) is 36.7 Å². The van der Waals surface area contributed by atoms with Crippen molar-refractivity contribution in [1.82, 2.24) is 9.88 Å². The Labute approximate surface area is 142 Å². The summed E-state index contributed by atoms with van der Waals surface area (Å²) in [6.07, 6.45) is 4.09. The zero-order valence-electron chi connectivity index (χ0n) is 14.8. The maximum atomic E-state index is 12.5. The van der Waals surface area contributed by atoms with E-state index < -0.39 is 11.2 Å². The highest BCUT2D eigenvalue weighted by Crippen LogP contribution is 2.47. The topological polar surface area (TPSA) is 71.9 Å². The fourth-order valence-corrected chi connectivity index (χ4v) is 3.97. The third-order valence-electron chi connectivity index (χ3n) is 4.84. The Balaban J connectivity index is 1.83. The predicted molar refractivity (Wildman–Crippen MR) is 88.8 cm³/mol. The molecule has 1 amide bonds. The minimum absolute atomic E-state index is 0.0199. The predicted octanol–water partition coefficient (Wildman–Crippen LogP) is 2.84. The number of piperidine rings is 1. The van der Waals surface area contributed by atoms with Crippen LogP contribution in [-0.2, 0) is 10.3 Å². The number of amides is 1. The molecule has 2 fully saturated rings. The largest absolute Gasteiger partial charge is 0.481 e. The number of methoxy groups -OCH3 is 1. The molecule has 0 aromatic carbocycles. The molecule has 2 atom stereocenters. The summed E-state index contributed by atoms with van der Waals surface area (Å²) in [6.45, 7) is 5.61. The molecular formula is C18H26N2O4. The molecule has 1 N–H and O–H groups in total. The van der Waals surface area contributed by atoms with Gasteiger partial charge in [0.05, 0.1) is 12.7 Å². The summed E-state index contributed by atoms with van der Waals surface area (Å²) in [5.74, 6) is 0.449. The van der Waals surface area contributed by atoms with Crippen LogP contribution < -0.4 is 4.74 Å². The number of pyridine rings is 1. The van der Waals surface area contributed by atoms with Crippen LogP contribution in [0.25, 0.3) is 0 Å². The molecule has 0 spiro atoms. The Bertz CT molecular complexity index is 612. The summed E-state index contributed by atoms with van der Waals surface area (Å²) in [5.41, 5.74) is -0.839. The zero-order chi connectivity index (χ0) is 17.5. The highest BCUT2D eigenvalue weighted by atomic mass is 16.6. The molecule has 24 heavy (non-hydrogen) atoms. The van der Waals surface area contributed by atoms with Crippen LogP contribution in [0.2, 0.25) is 0 Å². The van der Waals surface area contributed by atoms with Gasteiger partial charge in [-0.25, -0.2) is 9.78 Å². The molecule has 132 valence electrons. The first-order chi connectivity index (χ1) is 11.2. The molecule has 2 aliphatic heterocycles. The monoisotopic (exact) mass is 334 g/mol. The van der Waals surface area contributed by atoms with Crippen molar-refractivity contribution < 1.29 is 19.4 Å². The van der Waals surface area contributed by atoms with Crippen molar-refractivity contribution in [3.05, 3.63) is 23.9 Å². The van der Waals surface area contributed by atoms with Gasteiger partial charge in [-0.2, -0.15) is 0 Å². The number of hydrogen-bond acceptors (Lipinski definition) is 5. The van der Waals surface area contributed by atoms with Crippen molar-refractivity contribution in [2.24, 2.45) is 0 Å². The van der Waals surface area contributed by atoms with E-state index in [4.69, 9.17) is 9.47 Å². The van der Waals surface area contributed by atoms with Crippen LogP contribution >= 0.6 is 0 Å². The lowest BCUT2D eigenvalue weighted by Crippen LogP contribution is -2.53. The van der Waals surface area contributed by atoms with E-state index in [0.717, 1.165) is 12.8 Å². The summed E-state index contributed by atoms with van der Waals surface area (Å²) in [7, 11) is 1.56. The normalized spacial score (nSPS) is 29.5. The van der Waals surface area contributed by atoms with E-state index in [2.05, 4.69) is 4.98 Å². The lowest BCUT2D eigenvalue weighted by atomic mass is 9.81. The van der Waals surface area contributed by atoms with E-state index in [0.29, 0.717) is 24.3 Å². The minimum Gasteiger partial charge on any atom is -0.481 e. The van der Waals surface area contributed by atoms with Crippen molar-refractivity contribution in [2.75, 3.05) is 7.11 Å². The molecule has 3 rings (SSSR count). The van der Waals surface area contributed by atoms with Crippen LogP contribution in [0, 0.1) is 0 Å². The molecule has 2 aliphatic rings. The van der Waals surface area contributed by atoms with Gasteiger partial charge in [0.2, 0.25) is 5.88 Å². The Morgan fingerprint density at radius 1 is 1.33 bits per heavy atom. The van der Waals surface area contributed by atoms with Crippen LogP contribution in [0.5, 0.6) is 5.88 Å². The van der Waals surface area contributed by atoms with Gasteiger partial charge >= 0.3 is 6.09 Å². The summed E-state index contributed by atoms with van der Waals surface area (Å²) in [6, 6.07) is 3.62. The van der Waals surface area contributed by atoms with E-state index in [9.17, 15) is 9.90 Å². The van der Waals surface area contributed by atoms with Crippen molar-refractivity contribution in [3.8, 4) is 5.88 Å². The zero-order valence-corrected chi connectivity index (χ0v) is 14.8. The summed E-state index contributed by atoms with van der Waals surface area (Å²) < 4.78 is 10.9. The SMILES string of the molecule is COc1ncccc1C1(O)CC2CCC(C1)N2C(=O)OC(C)(C)C. The molecule has 2 saturated heterocycles. The Morgan fingerprint density at radius 3 is 2.50 bits per heavy atom. The van der Waals surface area contributed by atoms with E-state index >= 15 is 0 Å². The first-order valence-electron chi connectivity index (χ1n) is 8.47. The lowest BCUT2D eigenvalue weighted by Gasteiger charge is -2.44. The first-order valence-corrected chi connectivity index (χ1v) is 8.47. The van der Waals surface area contributed by atoms with Gasteiger partial charge in [0.15, 0.2) is 0 Å². The van der Waals surface area contributed by atoms with Gasteiger partial charge in [-0.1, -0.05) is 0 Å². The van der Waals surface area contributed by atoms with Crippen LogP contribution in [0.3, 0.4) is 0 Å². The number of fused-ring (bicyclic) bond motifs is 2. The molecule has 1 aromatic rings. The smallest absolute Gasteiger partial charge is 0.410 e. The standard InChI is InChI=1S/C18H26N2O4/c1-17(2,3)24-16(21)20-12-7-8-13(20)11-18(22,10-12)14-6-5-9-19-15(14)23-4/h5-6,9,12-13,22H,7-8,10-11H2,1-4H3. The molecule has 1 aromatic heterocycles. The first kappa shape index (κ1) is 17.0. The van der Waals surface area contributed by atoms with Gasteiger partial charge in [-0.05, 0) is 45.7 Å². The van der Waals surface area contributed by atoms with Crippen molar-refractivity contribution >= 4 is 6.09 Å². The summed E-state index contributed by atoms with van der Waals surface area (Å²) in [4.78, 5) is 18.6. The van der Waals surface area contributed by atoms with Crippen molar-refractivity contribution in [1.29, 1.82) is 0 Å². The van der Waals surface area contributed by atoms with Gasteiger partial charge in [-0.3, -0.25) is 0 Å². The average molecular weight is 334 g/mol. The highest BCUT2D eigenvalue weighted by Gasteiger charge is 2.52. The number of carbonyl (C=O) groups excluding carboxylic acids is 1. The molecule has 0 aliphatic carbocycles. The second-order valence-electron chi connectivity index (χ2n) is 7.77. The Kier molecular flexibility index (Phi) is 4.20.